The van der Waals surface area contributed by atoms with Gasteiger partial charge in [0.25, 0.3) is 0 Å². The molecule has 0 aliphatic carbocycles. The highest BCUT2D eigenvalue weighted by Gasteiger charge is 2.19. The van der Waals surface area contributed by atoms with Crippen molar-refractivity contribution in [2.75, 3.05) is 13.2 Å². The van der Waals surface area contributed by atoms with Gasteiger partial charge in [-0.1, -0.05) is 264 Å². The number of hydrogen-bond acceptors (Lipinski definition) is 6. The molecule has 0 heterocycles. The molecule has 0 aromatic heterocycles. The van der Waals surface area contributed by atoms with Crippen molar-refractivity contribution in [3.05, 3.63) is 134 Å². The van der Waals surface area contributed by atoms with Crippen LogP contribution in [-0.4, -0.2) is 37.2 Å². The smallest absolute Gasteiger partial charge is 0.306 e. The van der Waals surface area contributed by atoms with Gasteiger partial charge in [0.1, 0.15) is 13.2 Å². The van der Waals surface area contributed by atoms with E-state index in [0.29, 0.717) is 19.3 Å². The van der Waals surface area contributed by atoms with E-state index in [1.54, 1.807) is 0 Å². The summed E-state index contributed by atoms with van der Waals surface area (Å²) in [5, 5.41) is 0. The lowest BCUT2D eigenvalue weighted by molar-refractivity contribution is -0.167. The van der Waals surface area contributed by atoms with Crippen LogP contribution in [0.1, 0.15) is 278 Å². The van der Waals surface area contributed by atoms with E-state index >= 15 is 0 Å². The minimum Gasteiger partial charge on any atom is -0.462 e. The van der Waals surface area contributed by atoms with Gasteiger partial charge in [-0.25, -0.2) is 0 Å². The third kappa shape index (κ3) is 62.3. The van der Waals surface area contributed by atoms with Crippen LogP contribution >= 0.6 is 0 Å². The first-order chi connectivity index (χ1) is 38.0. The van der Waals surface area contributed by atoms with Gasteiger partial charge in [0.2, 0.25) is 0 Å². The number of carbonyl (C=O) groups excluding carboxylic acids is 3. The van der Waals surface area contributed by atoms with Crippen LogP contribution in [0.4, 0.5) is 0 Å². The number of allylic oxidation sites excluding steroid dienone is 22. The van der Waals surface area contributed by atoms with E-state index in [1.165, 1.54) is 77.0 Å². The van der Waals surface area contributed by atoms with Crippen molar-refractivity contribution in [1.29, 1.82) is 0 Å². The molecule has 6 heteroatoms. The number of esters is 3. The highest BCUT2D eigenvalue weighted by molar-refractivity contribution is 5.71. The summed E-state index contributed by atoms with van der Waals surface area (Å²) in [5.74, 6) is -0.925. The molecule has 0 bridgehead atoms. The Labute approximate surface area is 475 Å². The summed E-state index contributed by atoms with van der Waals surface area (Å²) in [5.41, 5.74) is 0. The highest BCUT2D eigenvalue weighted by atomic mass is 16.6. The second-order valence-electron chi connectivity index (χ2n) is 20.5. The molecule has 0 amide bonds. The molecule has 6 nitrogen and oxygen atoms in total. The molecule has 0 aromatic rings. The Morgan fingerprint density at radius 1 is 0.260 bits per heavy atom. The Kier molecular flexibility index (Phi) is 60.4. The van der Waals surface area contributed by atoms with Crippen LogP contribution in [0.3, 0.4) is 0 Å². The van der Waals surface area contributed by atoms with Crippen LogP contribution in [0, 0.1) is 0 Å². The Morgan fingerprint density at radius 3 is 0.727 bits per heavy atom. The van der Waals surface area contributed by atoms with Gasteiger partial charge < -0.3 is 14.2 Å². The molecular formula is C71H116O6. The van der Waals surface area contributed by atoms with Gasteiger partial charge >= 0.3 is 17.9 Å². The zero-order valence-electron chi connectivity index (χ0n) is 49.9. The highest BCUT2D eigenvalue weighted by Crippen LogP contribution is 2.15. The topological polar surface area (TPSA) is 78.9 Å². The summed E-state index contributed by atoms with van der Waals surface area (Å²) in [6.07, 6.45) is 90.2. The summed E-state index contributed by atoms with van der Waals surface area (Å²) >= 11 is 0. The van der Waals surface area contributed by atoms with Gasteiger partial charge in [-0.3, -0.25) is 14.4 Å². The first-order valence-electron chi connectivity index (χ1n) is 31.7. The first kappa shape index (κ1) is 72.5. The van der Waals surface area contributed by atoms with Crippen molar-refractivity contribution in [3.63, 3.8) is 0 Å². The number of ether oxygens (including phenoxy) is 3. The van der Waals surface area contributed by atoms with Crippen LogP contribution in [0.2, 0.25) is 0 Å². The maximum atomic E-state index is 12.9. The van der Waals surface area contributed by atoms with Crippen LogP contribution in [-0.2, 0) is 28.6 Å². The van der Waals surface area contributed by atoms with E-state index in [-0.39, 0.29) is 31.1 Å². The van der Waals surface area contributed by atoms with Crippen LogP contribution in [0.25, 0.3) is 0 Å². The van der Waals surface area contributed by atoms with Gasteiger partial charge in [0.15, 0.2) is 6.10 Å². The number of rotatable bonds is 56. The molecule has 436 valence electrons. The van der Waals surface area contributed by atoms with Crippen molar-refractivity contribution in [3.8, 4) is 0 Å². The predicted molar refractivity (Wildman–Crippen MR) is 334 cm³/mol. The summed E-state index contributed by atoms with van der Waals surface area (Å²) in [4.78, 5) is 38.3. The number of carbonyl (C=O) groups is 3. The Bertz CT molecular complexity index is 1650. The van der Waals surface area contributed by atoms with E-state index in [4.69, 9.17) is 14.2 Å². The van der Waals surface area contributed by atoms with Gasteiger partial charge in [-0.2, -0.15) is 0 Å². The van der Waals surface area contributed by atoms with Crippen LogP contribution in [0.5, 0.6) is 0 Å². The molecule has 0 aromatic carbocycles. The molecule has 1 atom stereocenters. The maximum absolute atomic E-state index is 12.9. The summed E-state index contributed by atoms with van der Waals surface area (Å²) in [6, 6.07) is 0. The van der Waals surface area contributed by atoms with Crippen LogP contribution in [0.15, 0.2) is 134 Å². The van der Waals surface area contributed by atoms with Crippen LogP contribution < -0.4 is 0 Å². The molecule has 0 aliphatic rings. The quantitative estimate of drug-likeness (QED) is 0.0261. The molecule has 0 spiro atoms. The molecule has 0 aliphatic heterocycles. The second-order valence-corrected chi connectivity index (χ2v) is 20.5. The third-order valence-electron chi connectivity index (χ3n) is 13.1. The molecule has 0 rings (SSSR count). The van der Waals surface area contributed by atoms with E-state index in [9.17, 15) is 14.4 Å². The van der Waals surface area contributed by atoms with E-state index < -0.39 is 6.10 Å². The fourth-order valence-electron chi connectivity index (χ4n) is 8.50. The number of hydrogen-bond donors (Lipinski definition) is 0. The zero-order chi connectivity index (χ0) is 55.7. The van der Waals surface area contributed by atoms with E-state index in [2.05, 4.69) is 154 Å². The lowest BCUT2D eigenvalue weighted by Crippen LogP contribution is -2.30. The lowest BCUT2D eigenvalue weighted by Gasteiger charge is -2.18. The normalized spacial score (nSPS) is 13.0. The predicted octanol–water partition coefficient (Wildman–Crippen LogP) is 21.8. The molecule has 1 unspecified atom stereocenters. The van der Waals surface area contributed by atoms with Crippen molar-refractivity contribution in [2.45, 2.75) is 284 Å². The van der Waals surface area contributed by atoms with Crippen molar-refractivity contribution >= 4 is 17.9 Å². The zero-order valence-corrected chi connectivity index (χ0v) is 49.9. The van der Waals surface area contributed by atoms with Gasteiger partial charge in [-0.15, -0.1) is 0 Å². The Morgan fingerprint density at radius 2 is 0.468 bits per heavy atom. The monoisotopic (exact) mass is 1060 g/mol. The SMILES string of the molecule is CC/C=C\C/C=C\C/C=C\C/C=C\CCCCCCCCCCCCCCC(=O)OCC(COC(=O)CCCCCCC/C=C\C/C=C\C/C=C\CC)OC(=O)CCCCCCCC/C=C\C/C=C\C/C=C\C/C=C\CC. The minimum atomic E-state index is -0.800. The van der Waals surface area contributed by atoms with E-state index in [1.807, 2.05) is 0 Å². The molecule has 0 saturated carbocycles. The van der Waals surface area contributed by atoms with Gasteiger partial charge in [0.05, 0.1) is 0 Å². The molecule has 0 N–H and O–H groups in total. The Balaban J connectivity index is 4.39. The fourth-order valence-corrected chi connectivity index (χ4v) is 8.50. The van der Waals surface area contributed by atoms with E-state index in [0.717, 1.165) is 161 Å². The summed E-state index contributed by atoms with van der Waals surface area (Å²) in [6.45, 7) is 6.29. The van der Waals surface area contributed by atoms with Crippen molar-refractivity contribution < 1.29 is 28.6 Å². The minimum absolute atomic E-state index is 0.0938. The first-order valence-corrected chi connectivity index (χ1v) is 31.7. The molecule has 0 fully saturated rings. The average molecular weight is 1070 g/mol. The number of unbranched alkanes of at least 4 members (excludes halogenated alkanes) is 23. The summed E-state index contributed by atoms with van der Waals surface area (Å²) < 4.78 is 16.9. The second kappa shape index (κ2) is 64.1. The fraction of sp³-hybridized carbons (Fsp3) is 0.648. The Hall–Kier alpha value is -4.45. The molecule has 0 radical (unpaired) electrons. The average Bonchev–Trinajstić information content (AvgIpc) is 3.43. The standard InChI is InChI=1S/C71H116O6/c1-4-7-10-13-16-19-22-25-28-30-32-33-34-35-36-37-39-40-43-46-49-52-55-58-61-64-70(73)76-67-68(66-75-69(72)63-60-57-54-51-48-45-42-27-24-21-18-15-12-9-6-3)77-71(74)65-62-59-56-53-50-47-44-41-38-31-29-26-23-20-17-14-11-8-5-2/h7-12,16-21,25-29,32-33,38,41-42,68H,4-6,13-15,22-24,30-31,34-37,39-40,43-67H2,1-3H3/b10-7-,11-8-,12-9-,19-16-,20-17-,21-18-,28-25-,29-26-,33-32-,41-38-,42-27-. The molecule has 77 heavy (non-hydrogen) atoms. The van der Waals surface area contributed by atoms with Gasteiger partial charge in [-0.05, 0) is 128 Å². The van der Waals surface area contributed by atoms with Crippen molar-refractivity contribution in [1.82, 2.24) is 0 Å². The third-order valence-corrected chi connectivity index (χ3v) is 13.1. The molecule has 0 saturated heterocycles. The van der Waals surface area contributed by atoms with Gasteiger partial charge in [0, 0.05) is 19.3 Å². The maximum Gasteiger partial charge on any atom is 0.306 e. The molecular weight excluding hydrogens is 949 g/mol. The van der Waals surface area contributed by atoms with Crippen molar-refractivity contribution in [2.24, 2.45) is 0 Å². The lowest BCUT2D eigenvalue weighted by atomic mass is 10.0. The largest absolute Gasteiger partial charge is 0.462 e. The summed E-state index contributed by atoms with van der Waals surface area (Å²) in [7, 11) is 0.